The fourth-order valence-electron chi connectivity index (χ4n) is 3.12. The van der Waals surface area contributed by atoms with Crippen LogP contribution in [0.2, 0.25) is 5.02 Å². The average molecular weight is 389 g/mol. The number of benzene rings is 1. The number of carbonyl (C=O) groups excluding carboxylic acids is 2. The van der Waals surface area contributed by atoms with Gasteiger partial charge in [-0.15, -0.1) is 0 Å². The van der Waals surface area contributed by atoms with E-state index in [0.29, 0.717) is 17.9 Å². The first-order valence-electron chi connectivity index (χ1n) is 7.65. The normalized spacial score (nSPS) is 25.3. The Morgan fingerprint density at radius 2 is 1.79 bits per heavy atom. The molecule has 2 atom stereocenters. The van der Waals surface area contributed by atoms with Crippen molar-refractivity contribution in [2.75, 3.05) is 5.75 Å². The molecule has 2 amide bonds. The number of hydrogen-bond donors (Lipinski definition) is 1. The van der Waals surface area contributed by atoms with E-state index in [4.69, 9.17) is 11.6 Å². The zero-order valence-corrected chi connectivity index (χ0v) is 15.2. The predicted octanol–water partition coefficient (Wildman–Crippen LogP) is 2.62. The van der Waals surface area contributed by atoms with Crippen LogP contribution in [0, 0.1) is 0 Å². The fraction of sp³-hybridized carbons (Fsp3) is 0.467. The molecule has 1 aliphatic heterocycles. The summed E-state index contributed by atoms with van der Waals surface area (Å²) in [6.45, 7) is 0. The summed E-state index contributed by atoms with van der Waals surface area (Å²) in [5, 5.41) is 0.164. The van der Waals surface area contributed by atoms with Crippen molar-refractivity contribution in [3.8, 4) is 0 Å². The highest BCUT2D eigenvalue weighted by atomic mass is 35.5. The summed E-state index contributed by atoms with van der Waals surface area (Å²) in [7, 11) is -3.74. The molecule has 2 fully saturated rings. The van der Waals surface area contributed by atoms with Gasteiger partial charge in [-0.1, -0.05) is 36.2 Å². The molecular formula is C15H17ClN2O4S2. The van der Waals surface area contributed by atoms with E-state index in [1.807, 2.05) is 0 Å². The van der Waals surface area contributed by atoms with E-state index in [-0.39, 0.29) is 21.8 Å². The van der Waals surface area contributed by atoms with Crippen LogP contribution in [-0.2, 0) is 14.8 Å². The van der Waals surface area contributed by atoms with Gasteiger partial charge in [-0.05, 0) is 37.1 Å². The summed E-state index contributed by atoms with van der Waals surface area (Å²) in [5.41, 5.74) is 0. The van der Waals surface area contributed by atoms with Crippen molar-refractivity contribution < 1.29 is 18.0 Å². The standard InChI is InChI=1S/C15H17ClN2O4S2/c16-10-5-7-11(8-6-10)24(21,22)17-12-3-1-2-4-13(12)18-14(19)9-23-15(18)20/h5-8,12-13,17H,1-4,9H2/t12-,13-/m1/s1. The predicted molar refractivity (Wildman–Crippen MR) is 92.5 cm³/mol. The molecule has 1 heterocycles. The van der Waals surface area contributed by atoms with Crippen LogP contribution >= 0.6 is 23.4 Å². The Labute approximate surface area is 150 Å². The summed E-state index contributed by atoms with van der Waals surface area (Å²) >= 11 is 6.77. The molecule has 1 aliphatic carbocycles. The van der Waals surface area contributed by atoms with Crippen molar-refractivity contribution in [1.29, 1.82) is 0 Å². The number of rotatable bonds is 4. The summed E-state index contributed by atoms with van der Waals surface area (Å²) in [4.78, 5) is 25.3. The third-order valence-corrected chi connectivity index (χ3v) is 6.87. The number of nitrogens with zero attached hydrogens (tertiary/aromatic N) is 1. The molecule has 0 aromatic heterocycles. The molecule has 24 heavy (non-hydrogen) atoms. The lowest BCUT2D eigenvalue weighted by atomic mass is 9.90. The van der Waals surface area contributed by atoms with Crippen molar-refractivity contribution in [2.45, 2.75) is 42.7 Å². The quantitative estimate of drug-likeness (QED) is 0.857. The Balaban J connectivity index is 1.82. The van der Waals surface area contributed by atoms with E-state index in [1.165, 1.54) is 29.2 Å². The summed E-state index contributed by atoms with van der Waals surface area (Å²) in [5.74, 6) is -0.112. The lowest BCUT2D eigenvalue weighted by Gasteiger charge is -2.36. The minimum atomic E-state index is -3.74. The van der Waals surface area contributed by atoms with Crippen LogP contribution < -0.4 is 4.72 Å². The first kappa shape index (κ1) is 17.7. The van der Waals surface area contributed by atoms with Crippen LogP contribution in [0.3, 0.4) is 0 Å². The first-order valence-corrected chi connectivity index (χ1v) is 10.5. The van der Waals surface area contributed by atoms with E-state index >= 15 is 0 Å². The van der Waals surface area contributed by atoms with Crippen LogP contribution in [0.1, 0.15) is 25.7 Å². The molecule has 6 nitrogen and oxygen atoms in total. The van der Waals surface area contributed by atoms with Gasteiger partial charge in [0.15, 0.2) is 0 Å². The number of hydrogen-bond acceptors (Lipinski definition) is 5. The first-order chi connectivity index (χ1) is 11.4. The van der Waals surface area contributed by atoms with Crippen LogP contribution in [-0.4, -0.2) is 42.3 Å². The van der Waals surface area contributed by atoms with Gasteiger partial charge in [0.1, 0.15) is 0 Å². The minimum absolute atomic E-state index is 0.115. The van der Waals surface area contributed by atoms with Crippen molar-refractivity contribution in [1.82, 2.24) is 9.62 Å². The Morgan fingerprint density at radius 3 is 2.42 bits per heavy atom. The molecule has 130 valence electrons. The maximum absolute atomic E-state index is 12.6. The molecule has 1 saturated carbocycles. The van der Waals surface area contributed by atoms with Gasteiger partial charge in [-0.3, -0.25) is 14.5 Å². The molecule has 0 radical (unpaired) electrons. The van der Waals surface area contributed by atoms with Crippen molar-refractivity contribution in [3.05, 3.63) is 29.3 Å². The summed E-state index contributed by atoms with van der Waals surface area (Å²) in [6, 6.07) is 5.01. The molecule has 0 bridgehead atoms. The smallest absolute Gasteiger partial charge is 0.273 e. The second kappa shape index (κ2) is 7.03. The minimum Gasteiger partial charge on any atom is -0.273 e. The van der Waals surface area contributed by atoms with E-state index < -0.39 is 22.1 Å². The Bertz CT molecular complexity index is 735. The van der Waals surface area contributed by atoms with Gasteiger partial charge in [-0.2, -0.15) is 0 Å². The third kappa shape index (κ3) is 3.61. The van der Waals surface area contributed by atoms with Gasteiger partial charge in [0.25, 0.3) is 5.24 Å². The second-order valence-electron chi connectivity index (χ2n) is 5.85. The summed E-state index contributed by atoms with van der Waals surface area (Å²) < 4.78 is 27.8. The van der Waals surface area contributed by atoms with Gasteiger partial charge in [0, 0.05) is 11.1 Å². The number of nitrogens with one attached hydrogen (secondary N) is 1. The van der Waals surface area contributed by atoms with Gasteiger partial charge >= 0.3 is 0 Å². The second-order valence-corrected chi connectivity index (χ2v) is 8.93. The molecular weight excluding hydrogens is 372 g/mol. The highest BCUT2D eigenvalue weighted by Gasteiger charge is 2.41. The highest BCUT2D eigenvalue weighted by molar-refractivity contribution is 8.14. The zero-order valence-electron chi connectivity index (χ0n) is 12.8. The van der Waals surface area contributed by atoms with E-state index in [0.717, 1.165) is 24.6 Å². The molecule has 1 aromatic rings. The number of halogens is 1. The maximum Gasteiger partial charge on any atom is 0.289 e. The Hall–Kier alpha value is -1.09. The van der Waals surface area contributed by atoms with Crippen molar-refractivity contribution in [3.63, 3.8) is 0 Å². The average Bonchev–Trinajstić information content (AvgIpc) is 2.87. The monoisotopic (exact) mass is 388 g/mol. The summed E-state index contributed by atoms with van der Waals surface area (Å²) in [6.07, 6.45) is 2.93. The fourth-order valence-corrected chi connectivity index (χ4v) is 5.32. The number of thioether (sulfide) groups is 1. The Morgan fingerprint density at radius 1 is 1.12 bits per heavy atom. The maximum atomic E-state index is 12.6. The number of imide groups is 1. The lowest BCUT2D eigenvalue weighted by Crippen LogP contribution is -2.54. The topological polar surface area (TPSA) is 83.6 Å². The highest BCUT2D eigenvalue weighted by Crippen LogP contribution is 2.30. The molecule has 2 aliphatic rings. The molecule has 0 spiro atoms. The largest absolute Gasteiger partial charge is 0.289 e. The van der Waals surface area contributed by atoms with Crippen molar-refractivity contribution in [2.24, 2.45) is 0 Å². The molecule has 1 N–H and O–H groups in total. The van der Waals surface area contributed by atoms with Crippen molar-refractivity contribution >= 4 is 44.5 Å². The van der Waals surface area contributed by atoms with E-state index in [2.05, 4.69) is 4.72 Å². The number of sulfonamides is 1. The van der Waals surface area contributed by atoms with Gasteiger partial charge in [0.05, 0.1) is 16.7 Å². The number of carbonyl (C=O) groups is 2. The molecule has 1 aromatic carbocycles. The Kier molecular flexibility index (Phi) is 5.19. The van der Waals surface area contributed by atoms with Gasteiger partial charge < -0.3 is 0 Å². The van der Waals surface area contributed by atoms with Crippen LogP contribution in [0.4, 0.5) is 4.79 Å². The zero-order chi connectivity index (χ0) is 17.3. The number of amides is 2. The van der Waals surface area contributed by atoms with E-state index in [1.54, 1.807) is 0 Å². The van der Waals surface area contributed by atoms with Crippen LogP contribution in [0.15, 0.2) is 29.2 Å². The molecule has 1 saturated heterocycles. The molecule has 9 heteroatoms. The SMILES string of the molecule is O=C1CSC(=O)N1[C@@H]1CCCC[C@H]1NS(=O)(=O)c1ccc(Cl)cc1. The van der Waals surface area contributed by atoms with Gasteiger partial charge in [-0.25, -0.2) is 13.1 Å². The molecule has 3 rings (SSSR count). The van der Waals surface area contributed by atoms with E-state index in [9.17, 15) is 18.0 Å². The lowest BCUT2D eigenvalue weighted by molar-refractivity contribution is -0.127. The third-order valence-electron chi connectivity index (χ3n) is 4.28. The van der Waals surface area contributed by atoms with Crippen LogP contribution in [0.25, 0.3) is 0 Å². The van der Waals surface area contributed by atoms with Crippen LogP contribution in [0.5, 0.6) is 0 Å². The molecule has 0 unspecified atom stereocenters. The van der Waals surface area contributed by atoms with Gasteiger partial charge in [0.2, 0.25) is 15.9 Å².